The minimum absolute atomic E-state index is 0.551. The molecule has 0 amide bonds. The molecule has 0 aliphatic carbocycles. The lowest BCUT2D eigenvalue weighted by molar-refractivity contribution is 0.388. The first-order valence-corrected chi connectivity index (χ1v) is 7.39. The van der Waals surface area contributed by atoms with Crippen LogP contribution in [0.3, 0.4) is 0 Å². The van der Waals surface area contributed by atoms with Gasteiger partial charge in [-0.15, -0.1) is 0 Å². The highest BCUT2D eigenvalue weighted by Gasteiger charge is 2.11. The van der Waals surface area contributed by atoms with Crippen molar-refractivity contribution in [3.05, 3.63) is 29.3 Å². The standard InChI is InChI=1S/C16H27N3/c1-13(17-8-4-10-19(2)3)11-14-5-6-16-15(12-14)7-9-18-16/h5-6,12-13,17-18H,4,7-11H2,1-3H3. The van der Waals surface area contributed by atoms with Gasteiger partial charge in [-0.25, -0.2) is 0 Å². The summed E-state index contributed by atoms with van der Waals surface area (Å²) in [5.41, 5.74) is 4.27. The molecule has 0 radical (unpaired) electrons. The topological polar surface area (TPSA) is 27.3 Å². The molecule has 2 rings (SSSR count). The van der Waals surface area contributed by atoms with E-state index in [-0.39, 0.29) is 0 Å². The predicted molar refractivity (Wildman–Crippen MR) is 83.0 cm³/mol. The molecule has 1 atom stereocenters. The van der Waals surface area contributed by atoms with Crippen LogP contribution in [-0.4, -0.2) is 44.7 Å². The molecule has 1 unspecified atom stereocenters. The van der Waals surface area contributed by atoms with E-state index in [4.69, 9.17) is 0 Å². The molecule has 2 N–H and O–H groups in total. The molecule has 19 heavy (non-hydrogen) atoms. The summed E-state index contributed by atoms with van der Waals surface area (Å²) in [6.07, 6.45) is 3.51. The van der Waals surface area contributed by atoms with Crippen molar-refractivity contribution < 1.29 is 0 Å². The van der Waals surface area contributed by atoms with Crippen LogP contribution < -0.4 is 10.6 Å². The lowest BCUT2D eigenvalue weighted by Crippen LogP contribution is -2.30. The van der Waals surface area contributed by atoms with Crippen molar-refractivity contribution in [3.63, 3.8) is 0 Å². The molecule has 0 saturated carbocycles. The lowest BCUT2D eigenvalue weighted by atomic mass is 10.0. The Morgan fingerprint density at radius 3 is 3.00 bits per heavy atom. The summed E-state index contributed by atoms with van der Waals surface area (Å²) in [6.45, 7) is 5.63. The van der Waals surface area contributed by atoms with Gasteiger partial charge in [-0.2, -0.15) is 0 Å². The molecule has 1 heterocycles. The Morgan fingerprint density at radius 2 is 2.21 bits per heavy atom. The van der Waals surface area contributed by atoms with Gasteiger partial charge in [-0.1, -0.05) is 12.1 Å². The van der Waals surface area contributed by atoms with Crippen LogP contribution in [0, 0.1) is 0 Å². The third-order valence-corrected chi connectivity index (χ3v) is 3.70. The van der Waals surface area contributed by atoms with Gasteiger partial charge in [0.05, 0.1) is 0 Å². The molecule has 0 spiro atoms. The average Bonchev–Trinajstić information content (AvgIpc) is 2.82. The first kappa shape index (κ1) is 14.4. The summed E-state index contributed by atoms with van der Waals surface area (Å²) < 4.78 is 0. The zero-order valence-corrected chi connectivity index (χ0v) is 12.5. The maximum atomic E-state index is 3.61. The van der Waals surface area contributed by atoms with Gasteiger partial charge < -0.3 is 15.5 Å². The second-order valence-electron chi connectivity index (χ2n) is 5.88. The van der Waals surface area contributed by atoms with Crippen molar-refractivity contribution in [1.82, 2.24) is 10.2 Å². The van der Waals surface area contributed by atoms with Gasteiger partial charge in [0.2, 0.25) is 0 Å². The summed E-state index contributed by atoms with van der Waals surface area (Å²) >= 11 is 0. The predicted octanol–water partition coefficient (Wildman–Crippen LogP) is 2.13. The van der Waals surface area contributed by atoms with Crippen molar-refractivity contribution in [2.45, 2.75) is 32.2 Å². The second-order valence-corrected chi connectivity index (χ2v) is 5.88. The van der Waals surface area contributed by atoms with Crippen LogP contribution in [0.2, 0.25) is 0 Å². The largest absolute Gasteiger partial charge is 0.384 e. The van der Waals surface area contributed by atoms with Crippen LogP contribution in [0.25, 0.3) is 0 Å². The Kier molecular flexibility index (Phi) is 5.23. The number of nitrogens with one attached hydrogen (secondary N) is 2. The molecule has 3 nitrogen and oxygen atoms in total. The highest BCUT2D eigenvalue weighted by molar-refractivity contribution is 5.56. The van der Waals surface area contributed by atoms with Gasteiger partial charge >= 0.3 is 0 Å². The molecule has 1 aliphatic heterocycles. The molecular weight excluding hydrogens is 234 g/mol. The summed E-state index contributed by atoms with van der Waals surface area (Å²) in [7, 11) is 4.25. The maximum Gasteiger partial charge on any atom is 0.0373 e. The number of hydrogen-bond acceptors (Lipinski definition) is 3. The van der Waals surface area contributed by atoms with Gasteiger partial charge in [0, 0.05) is 18.3 Å². The Morgan fingerprint density at radius 1 is 1.37 bits per heavy atom. The van der Waals surface area contributed by atoms with E-state index < -0.39 is 0 Å². The molecule has 0 aromatic heterocycles. The highest BCUT2D eigenvalue weighted by atomic mass is 15.1. The van der Waals surface area contributed by atoms with E-state index in [9.17, 15) is 0 Å². The van der Waals surface area contributed by atoms with Crippen molar-refractivity contribution in [2.75, 3.05) is 39.0 Å². The van der Waals surface area contributed by atoms with Crippen LogP contribution in [0.15, 0.2) is 18.2 Å². The van der Waals surface area contributed by atoms with Gasteiger partial charge in [-0.05, 0) is 70.6 Å². The molecule has 106 valence electrons. The zero-order valence-electron chi connectivity index (χ0n) is 12.5. The van der Waals surface area contributed by atoms with Crippen molar-refractivity contribution in [3.8, 4) is 0 Å². The first-order chi connectivity index (χ1) is 9.15. The first-order valence-electron chi connectivity index (χ1n) is 7.39. The molecule has 1 aromatic rings. The number of nitrogens with zero attached hydrogens (tertiary/aromatic N) is 1. The van der Waals surface area contributed by atoms with E-state index in [1.807, 2.05) is 0 Å². The van der Waals surface area contributed by atoms with Gasteiger partial charge in [0.1, 0.15) is 0 Å². The van der Waals surface area contributed by atoms with Gasteiger partial charge in [0.15, 0.2) is 0 Å². The molecule has 1 aromatic carbocycles. The minimum atomic E-state index is 0.551. The highest BCUT2D eigenvalue weighted by Crippen LogP contribution is 2.23. The van der Waals surface area contributed by atoms with E-state index in [0.29, 0.717) is 6.04 Å². The zero-order chi connectivity index (χ0) is 13.7. The number of rotatable bonds is 7. The molecule has 0 fully saturated rings. The van der Waals surface area contributed by atoms with Crippen LogP contribution in [0.5, 0.6) is 0 Å². The van der Waals surface area contributed by atoms with E-state index >= 15 is 0 Å². The fourth-order valence-corrected chi connectivity index (χ4v) is 2.65. The Hall–Kier alpha value is -1.06. The number of hydrogen-bond donors (Lipinski definition) is 2. The quantitative estimate of drug-likeness (QED) is 0.736. The smallest absolute Gasteiger partial charge is 0.0373 e. The van der Waals surface area contributed by atoms with E-state index in [0.717, 1.165) is 26.1 Å². The summed E-state index contributed by atoms with van der Waals surface area (Å²) in [4.78, 5) is 2.24. The molecule has 3 heteroatoms. The average molecular weight is 261 g/mol. The van der Waals surface area contributed by atoms with Crippen LogP contribution in [0.1, 0.15) is 24.5 Å². The molecule has 0 bridgehead atoms. The van der Waals surface area contributed by atoms with Gasteiger partial charge in [0.25, 0.3) is 0 Å². The van der Waals surface area contributed by atoms with E-state index in [1.54, 1.807) is 0 Å². The SMILES string of the molecule is CC(Cc1ccc2c(c1)CCN2)NCCCN(C)C. The van der Waals surface area contributed by atoms with Crippen molar-refractivity contribution in [1.29, 1.82) is 0 Å². The second kappa shape index (κ2) is 6.92. The monoisotopic (exact) mass is 261 g/mol. The number of anilines is 1. The fraction of sp³-hybridized carbons (Fsp3) is 0.625. The van der Waals surface area contributed by atoms with Crippen molar-refractivity contribution >= 4 is 5.69 Å². The minimum Gasteiger partial charge on any atom is -0.384 e. The van der Waals surface area contributed by atoms with E-state index in [1.165, 1.54) is 29.7 Å². The number of fused-ring (bicyclic) bond motifs is 1. The van der Waals surface area contributed by atoms with Crippen molar-refractivity contribution in [2.24, 2.45) is 0 Å². The summed E-state index contributed by atoms with van der Waals surface area (Å²) in [5.74, 6) is 0. The summed E-state index contributed by atoms with van der Waals surface area (Å²) in [5, 5.41) is 7.02. The molecular formula is C16H27N3. The lowest BCUT2D eigenvalue weighted by Gasteiger charge is -2.16. The maximum absolute atomic E-state index is 3.61. The van der Waals surface area contributed by atoms with Gasteiger partial charge in [-0.3, -0.25) is 0 Å². The van der Waals surface area contributed by atoms with Crippen LogP contribution >= 0.6 is 0 Å². The molecule has 0 saturated heterocycles. The summed E-state index contributed by atoms with van der Waals surface area (Å²) in [6, 6.07) is 7.41. The van der Waals surface area contributed by atoms with Crippen LogP contribution in [0.4, 0.5) is 5.69 Å². The Balaban J connectivity index is 1.74. The third-order valence-electron chi connectivity index (χ3n) is 3.70. The third kappa shape index (κ3) is 4.51. The van der Waals surface area contributed by atoms with Crippen LogP contribution in [-0.2, 0) is 12.8 Å². The Bertz CT molecular complexity index is 401. The fourth-order valence-electron chi connectivity index (χ4n) is 2.65. The Labute approximate surface area is 117 Å². The van der Waals surface area contributed by atoms with E-state index in [2.05, 4.69) is 54.8 Å². The molecule has 1 aliphatic rings. The normalized spacial score (nSPS) is 15.4. The number of benzene rings is 1.